The van der Waals surface area contributed by atoms with Crippen LogP contribution in [0.25, 0.3) is 16.9 Å². The number of amides is 1. The van der Waals surface area contributed by atoms with Gasteiger partial charge in [0.2, 0.25) is 5.91 Å². The van der Waals surface area contributed by atoms with Crippen LogP contribution >= 0.6 is 11.6 Å². The molecular weight excluding hydrogens is 381 g/mol. The number of hydrogen-bond donors (Lipinski definition) is 1. The average Bonchev–Trinajstić information content (AvgIpc) is 3.09. The van der Waals surface area contributed by atoms with E-state index in [2.05, 4.69) is 20.6 Å². The van der Waals surface area contributed by atoms with Gasteiger partial charge in [-0.25, -0.2) is 4.39 Å². The van der Waals surface area contributed by atoms with Crippen molar-refractivity contribution in [3.63, 3.8) is 0 Å². The third-order valence-electron chi connectivity index (χ3n) is 4.16. The molecule has 8 heteroatoms. The molecule has 2 aromatic carbocycles. The molecule has 1 amide bonds. The summed E-state index contributed by atoms with van der Waals surface area (Å²) >= 11 is 5.94. The average molecular weight is 396 g/mol. The van der Waals surface area contributed by atoms with E-state index in [1.165, 1.54) is 12.1 Å². The Balaban J connectivity index is 1.50. The second-order valence-corrected chi connectivity index (χ2v) is 6.63. The predicted octanol–water partition coefficient (Wildman–Crippen LogP) is 3.44. The Bertz CT molecular complexity index is 1140. The summed E-state index contributed by atoms with van der Waals surface area (Å²) in [5, 5.41) is 16.1. The SMILES string of the molecule is O=C(Cc1cccc(Cl)c1)NCc1nnc2ccc(-c3ccc(F)cc3)nn12. The van der Waals surface area contributed by atoms with Crippen LogP contribution in [0.5, 0.6) is 0 Å². The normalized spacial score (nSPS) is 10.9. The van der Waals surface area contributed by atoms with E-state index in [-0.39, 0.29) is 24.7 Å². The molecule has 0 fully saturated rings. The molecule has 0 unspecified atom stereocenters. The molecule has 0 aliphatic rings. The fourth-order valence-corrected chi connectivity index (χ4v) is 3.00. The first-order chi connectivity index (χ1) is 13.6. The van der Waals surface area contributed by atoms with Crippen LogP contribution in [0.1, 0.15) is 11.4 Å². The number of rotatable bonds is 5. The first-order valence-electron chi connectivity index (χ1n) is 8.57. The number of halogens is 2. The number of hydrogen-bond acceptors (Lipinski definition) is 4. The van der Waals surface area contributed by atoms with E-state index >= 15 is 0 Å². The van der Waals surface area contributed by atoms with Gasteiger partial charge in [0.1, 0.15) is 5.82 Å². The molecule has 0 atom stereocenters. The largest absolute Gasteiger partial charge is 0.348 e. The Morgan fingerprint density at radius 3 is 2.68 bits per heavy atom. The van der Waals surface area contributed by atoms with Crippen molar-refractivity contribution in [1.29, 1.82) is 0 Å². The predicted molar refractivity (Wildman–Crippen MR) is 103 cm³/mol. The van der Waals surface area contributed by atoms with Crippen molar-refractivity contribution in [2.75, 3.05) is 0 Å². The summed E-state index contributed by atoms with van der Waals surface area (Å²) in [7, 11) is 0. The van der Waals surface area contributed by atoms with Crippen LogP contribution in [0, 0.1) is 5.82 Å². The van der Waals surface area contributed by atoms with E-state index in [1.807, 2.05) is 6.07 Å². The Morgan fingerprint density at radius 1 is 1.07 bits per heavy atom. The number of carbonyl (C=O) groups is 1. The number of benzene rings is 2. The molecular formula is C20H15ClFN5O. The highest BCUT2D eigenvalue weighted by Gasteiger charge is 2.11. The van der Waals surface area contributed by atoms with Gasteiger partial charge in [0.25, 0.3) is 0 Å². The lowest BCUT2D eigenvalue weighted by Gasteiger charge is -2.06. The minimum Gasteiger partial charge on any atom is -0.348 e. The molecule has 4 aromatic rings. The second-order valence-electron chi connectivity index (χ2n) is 6.20. The monoisotopic (exact) mass is 395 g/mol. The zero-order valence-corrected chi connectivity index (χ0v) is 15.4. The standard InChI is InChI=1S/C20H15ClFN5O/c21-15-3-1-2-13(10-15)11-20(28)23-12-19-25-24-18-9-8-17(26-27(18)19)14-4-6-16(22)7-5-14/h1-10H,11-12H2,(H,23,28). The molecule has 0 bridgehead atoms. The Hall–Kier alpha value is -3.32. The summed E-state index contributed by atoms with van der Waals surface area (Å²) in [6.45, 7) is 0.181. The molecule has 2 aromatic heterocycles. The maximum Gasteiger partial charge on any atom is 0.224 e. The molecule has 2 heterocycles. The molecule has 0 aliphatic heterocycles. The fraction of sp³-hybridized carbons (Fsp3) is 0.100. The third kappa shape index (κ3) is 3.99. The highest BCUT2D eigenvalue weighted by Crippen LogP contribution is 2.18. The molecule has 0 radical (unpaired) electrons. The Morgan fingerprint density at radius 2 is 1.89 bits per heavy atom. The molecule has 0 aliphatic carbocycles. The van der Waals surface area contributed by atoms with E-state index in [1.54, 1.807) is 47.0 Å². The lowest BCUT2D eigenvalue weighted by molar-refractivity contribution is -0.120. The Kier molecular flexibility index (Phi) is 4.99. The van der Waals surface area contributed by atoms with Crippen molar-refractivity contribution in [2.45, 2.75) is 13.0 Å². The molecule has 140 valence electrons. The van der Waals surface area contributed by atoms with Gasteiger partial charge in [0.15, 0.2) is 11.5 Å². The van der Waals surface area contributed by atoms with Gasteiger partial charge in [0.05, 0.1) is 18.7 Å². The van der Waals surface area contributed by atoms with E-state index in [4.69, 9.17) is 11.6 Å². The maximum absolute atomic E-state index is 13.1. The van der Waals surface area contributed by atoms with Gasteiger partial charge < -0.3 is 5.32 Å². The Labute approximate surface area is 165 Å². The van der Waals surface area contributed by atoms with Crippen LogP contribution in [0.3, 0.4) is 0 Å². The van der Waals surface area contributed by atoms with Crippen LogP contribution in [0.2, 0.25) is 5.02 Å². The smallest absolute Gasteiger partial charge is 0.224 e. The molecule has 4 rings (SSSR count). The molecule has 28 heavy (non-hydrogen) atoms. The topological polar surface area (TPSA) is 72.2 Å². The van der Waals surface area contributed by atoms with E-state index in [0.717, 1.165) is 11.1 Å². The van der Waals surface area contributed by atoms with Crippen molar-refractivity contribution in [3.8, 4) is 11.3 Å². The van der Waals surface area contributed by atoms with E-state index < -0.39 is 0 Å². The van der Waals surface area contributed by atoms with Crippen LogP contribution in [-0.2, 0) is 17.8 Å². The van der Waals surface area contributed by atoms with Gasteiger partial charge >= 0.3 is 0 Å². The summed E-state index contributed by atoms with van der Waals surface area (Å²) in [6, 6.07) is 16.8. The number of nitrogens with one attached hydrogen (secondary N) is 1. The van der Waals surface area contributed by atoms with Gasteiger partial charge in [-0.3, -0.25) is 4.79 Å². The molecule has 0 saturated heterocycles. The van der Waals surface area contributed by atoms with Crippen molar-refractivity contribution in [3.05, 3.63) is 82.9 Å². The quantitative estimate of drug-likeness (QED) is 0.562. The van der Waals surface area contributed by atoms with Gasteiger partial charge in [-0.05, 0) is 54.1 Å². The molecule has 6 nitrogen and oxygen atoms in total. The van der Waals surface area contributed by atoms with Crippen LogP contribution in [-0.4, -0.2) is 25.7 Å². The summed E-state index contributed by atoms with van der Waals surface area (Å²) in [4.78, 5) is 12.2. The first-order valence-corrected chi connectivity index (χ1v) is 8.95. The van der Waals surface area contributed by atoms with Crippen LogP contribution < -0.4 is 5.32 Å². The van der Waals surface area contributed by atoms with Crippen molar-refractivity contribution < 1.29 is 9.18 Å². The van der Waals surface area contributed by atoms with Gasteiger partial charge in [-0.15, -0.1) is 10.2 Å². The first kappa shape index (κ1) is 18.1. The van der Waals surface area contributed by atoms with Gasteiger partial charge in [-0.1, -0.05) is 23.7 Å². The van der Waals surface area contributed by atoms with Crippen molar-refractivity contribution >= 4 is 23.2 Å². The lowest BCUT2D eigenvalue weighted by Crippen LogP contribution is -2.25. The molecule has 0 spiro atoms. The molecule has 1 N–H and O–H groups in total. The van der Waals surface area contributed by atoms with E-state index in [9.17, 15) is 9.18 Å². The third-order valence-corrected chi connectivity index (χ3v) is 4.40. The number of carbonyl (C=O) groups excluding carboxylic acids is 1. The van der Waals surface area contributed by atoms with Gasteiger partial charge in [0, 0.05) is 10.6 Å². The zero-order chi connectivity index (χ0) is 19.5. The molecule has 0 saturated carbocycles. The van der Waals surface area contributed by atoms with Crippen molar-refractivity contribution in [1.82, 2.24) is 25.1 Å². The maximum atomic E-state index is 13.1. The summed E-state index contributed by atoms with van der Waals surface area (Å²) in [5.74, 6) is 0.0318. The zero-order valence-electron chi connectivity index (χ0n) is 14.6. The fourth-order valence-electron chi connectivity index (χ4n) is 2.79. The van der Waals surface area contributed by atoms with Gasteiger partial charge in [-0.2, -0.15) is 9.61 Å². The minimum atomic E-state index is -0.308. The lowest BCUT2D eigenvalue weighted by atomic mass is 10.1. The number of nitrogens with zero attached hydrogens (tertiary/aromatic N) is 4. The summed E-state index contributed by atoms with van der Waals surface area (Å²) in [5.41, 5.74) is 2.81. The summed E-state index contributed by atoms with van der Waals surface area (Å²) in [6.07, 6.45) is 0.214. The van der Waals surface area contributed by atoms with Crippen LogP contribution in [0.15, 0.2) is 60.7 Å². The van der Waals surface area contributed by atoms with Crippen molar-refractivity contribution in [2.24, 2.45) is 0 Å². The minimum absolute atomic E-state index is 0.159. The number of aromatic nitrogens is 4. The van der Waals surface area contributed by atoms with E-state index in [0.29, 0.717) is 22.2 Å². The second kappa shape index (κ2) is 7.74. The van der Waals surface area contributed by atoms with Crippen LogP contribution in [0.4, 0.5) is 4.39 Å². The summed E-state index contributed by atoms with van der Waals surface area (Å²) < 4.78 is 14.7. The highest BCUT2D eigenvalue weighted by atomic mass is 35.5. The number of fused-ring (bicyclic) bond motifs is 1. The highest BCUT2D eigenvalue weighted by molar-refractivity contribution is 6.30.